The molecule has 0 aliphatic heterocycles. The van der Waals surface area contributed by atoms with Gasteiger partial charge in [-0.1, -0.05) is 25.4 Å². The smallest absolute Gasteiger partial charge is 0.221 e. The number of rotatable bonds is 6. The second-order valence-corrected chi connectivity index (χ2v) is 5.11. The molecule has 4 nitrogen and oxygen atoms in total. The molecule has 1 aromatic rings. The summed E-state index contributed by atoms with van der Waals surface area (Å²) in [5.41, 5.74) is 1.18. The van der Waals surface area contributed by atoms with Crippen LogP contribution in [0.15, 0.2) is 18.2 Å². The standard InChI is InChI=1S/C14H18ClN3O/c1-10(2)9-18-14(19)5-6-17-13-4-3-12(15)7-11(13)8-16/h3-4,7,10,17H,5-6,9H2,1-2H3,(H,18,19). The van der Waals surface area contributed by atoms with Gasteiger partial charge in [-0.25, -0.2) is 0 Å². The molecule has 0 saturated heterocycles. The molecule has 19 heavy (non-hydrogen) atoms. The van der Waals surface area contributed by atoms with Crippen LogP contribution in [-0.4, -0.2) is 19.0 Å². The molecular formula is C14H18ClN3O. The summed E-state index contributed by atoms with van der Waals surface area (Å²) in [7, 11) is 0. The van der Waals surface area contributed by atoms with Gasteiger partial charge in [0.2, 0.25) is 5.91 Å². The molecule has 1 aromatic carbocycles. The number of nitrogens with one attached hydrogen (secondary N) is 2. The zero-order valence-electron chi connectivity index (χ0n) is 11.2. The fourth-order valence-corrected chi connectivity index (χ4v) is 1.65. The second kappa shape index (κ2) is 7.65. The first-order valence-corrected chi connectivity index (χ1v) is 6.61. The molecular weight excluding hydrogens is 262 g/mol. The fourth-order valence-electron chi connectivity index (χ4n) is 1.48. The van der Waals surface area contributed by atoms with Crippen molar-refractivity contribution in [3.63, 3.8) is 0 Å². The van der Waals surface area contributed by atoms with Crippen molar-refractivity contribution in [3.8, 4) is 6.07 Å². The third kappa shape index (κ3) is 5.62. The third-order valence-electron chi connectivity index (χ3n) is 2.48. The van der Waals surface area contributed by atoms with Gasteiger partial charge >= 0.3 is 0 Å². The van der Waals surface area contributed by atoms with Gasteiger partial charge < -0.3 is 10.6 Å². The van der Waals surface area contributed by atoms with Gasteiger partial charge in [-0.05, 0) is 24.1 Å². The third-order valence-corrected chi connectivity index (χ3v) is 2.71. The van der Waals surface area contributed by atoms with Crippen molar-refractivity contribution >= 4 is 23.2 Å². The van der Waals surface area contributed by atoms with E-state index in [2.05, 4.69) is 16.7 Å². The van der Waals surface area contributed by atoms with E-state index in [0.717, 1.165) is 0 Å². The molecule has 0 aliphatic rings. The summed E-state index contributed by atoms with van der Waals surface area (Å²) < 4.78 is 0. The molecule has 0 spiro atoms. The Hall–Kier alpha value is -1.73. The highest BCUT2D eigenvalue weighted by atomic mass is 35.5. The Morgan fingerprint density at radius 3 is 2.84 bits per heavy atom. The molecule has 0 fully saturated rings. The van der Waals surface area contributed by atoms with E-state index >= 15 is 0 Å². The number of nitriles is 1. The van der Waals surface area contributed by atoms with Crippen LogP contribution in [0.3, 0.4) is 0 Å². The molecule has 2 N–H and O–H groups in total. The lowest BCUT2D eigenvalue weighted by Gasteiger charge is -2.10. The summed E-state index contributed by atoms with van der Waals surface area (Å²) in [6, 6.07) is 7.12. The average molecular weight is 280 g/mol. The fraction of sp³-hybridized carbons (Fsp3) is 0.429. The van der Waals surface area contributed by atoms with Crippen molar-refractivity contribution < 1.29 is 4.79 Å². The molecule has 0 aliphatic carbocycles. The zero-order chi connectivity index (χ0) is 14.3. The summed E-state index contributed by atoms with van der Waals surface area (Å²) in [6.45, 7) is 5.26. The van der Waals surface area contributed by atoms with Crippen LogP contribution in [0.5, 0.6) is 0 Å². The van der Waals surface area contributed by atoms with Crippen LogP contribution in [0.1, 0.15) is 25.8 Å². The van der Waals surface area contributed by atoms with Gasteiger partial charge in [0.05, 0.1) is 11.3 Å². The predicted molar refractivity (Wildman–Crippen MR) is 77.1 cm³/mol. The molecule has 0 heterocycles. The summed E-state index contributed by atoms with van der Waals surface area (Å²) >= 11 is 5.81. The molecule has 1 amide bonds. The molecule has 1 rings (SSSR count). The van der Waals surface area contributed by atoms with E-state index in [4.69, 9.17) is 16.9 Å². The molecule has 0 bridgehead atoms. The predicted octanol–water partition coefficient (Wildman–Crippen LogP) is 2.79. The minimum absolute atomic E-state index is 0.00803. The highest BCUT2D eigenvalue weighted by Gasteiger charge is 2.05. The molecule has 102 valence electrons. The summed E-state index contributed by atoms with van der Waals surface area (Å²) in [5, 5.41) is 15.4. The highest BCUT2D eigenvalue weighted by molar-refractivity contribution is 6.30. The molecule has 0 saturated carbocycles. The number of halogens is 1. The summed E-state index contributed by atoms with van der Waals surface area (Å²) in [5.74, 6) is 0.451. The molecule has 0 aromatic heterocycles. The van der Waals surface area contributed by atoms with Crippen molar-refractivity contribution in [1.29, 1.82) is 5.26 Å². The number of nitrogens with zero attached hydrogens (tertiary/aromatic N) is 1. The van der Waals surface area contributed by atoms with Crippen LogP contribution in [0.4, 0.5) is 5.69 Å². The van der Waals surface area contributed by atoms with Gasteiger partial charge in [0.25, 0.3) is 0 Å². The van der Waals surface area contributed by atoms with Crippen LogP contribution in [0.2, 0.25) is 5.02 Å². The number of anilines is 1. The minimum atomic E-state index is 0.00803. The van der Waals surface area contributed by atoms with E-state index in [1.54, 1.807) is 18.2 Å². The quantitative estimate of drug-likeness (QED) is 0.841. The number of carbonyl (C=O) groups excluding carboxylic acids is 1. The monoisotopic (exact) mass is 279 g/mol. The largest absolute Gasteiger partial charge is 0.383 e. The van der Waals surface area contributed by atoms with Crippen LogP contribution in [0, 0.1) is 17.2 Å². The van der Waals surface area contributed by atoms with Gasteiger partial charge in [-0.3, -0.25) is 4.79 Å². The Morgan fingerprint density at radius 1 is 1.47 bits per heavy atom. The molecule has 0 unspecified atom stereocenters. The first-order chi connectivity index (χ1) is 9.02. The van der Waals surface area contributed by atoms with Crippen molar-refractivity contribution in [2.24, 2.45) is 5.92 Å². The average Bonchev–Trinajstić information content (AvgIpc) is 2.38. The van der Waals surface area contributed by atoms with Crippen molar-refractivity contribution in [2.75, 3.05) is 18.4 Å². The SMILES string of the molecule is CC(C)CNC(=O)CCNc1ccc(Cl)cc1C#N. The van der Waals surface area contributed by atoms with Crippen LogP contribution < -0.4 is 10.6 Å². The number of hydrogen-bond donors (Lipinski definition) is 2. The first-order valence-electron chi connectivity index (χ1n) is 6.23. The lowest BCUT2D eigenvalue weighted by molar-refractivity contribution is -0.120. The van der Waals surface area contributed by atoms with Crippen molar-refractivity contribution in [3.05, 3.63) is 28.8 Å². The van der Waals surface area contributed by atoms with Gasteiger partial charge in [-0.2, -0.15) is 5.26 Å². The molecule has 5 heteroatoms. The minimum Gasteiger partial charge on any atom is -0.383 e. The van der Waals surface area contributed by atoms with Crippen LogP contribution in [0.25, 0.3) is 0 Å². The number of benzene rings is 1. The van der Waals surface area contributed by atoms with Crippen molar-refractivity contribution in [2.45, 2.75) is 20.3 Å². The Morgan fingerprint density at radius 2 is 2.21 bits per heavy atom. The molecule has 0 atom stereocenters. The topological polar surface area (TPSA) is 64.9 Å². The second-order valence-electron chi connectivity index (χ2n) is 4.68. The lowest BCUT2D eigenvalue weighted by Crippen LogP contribution is -2.28. The first kappa shape index (κ1) is 15.3. The van der Waals surface area contributed by atoms with E-state index in [1.165, 1.54) is 0 Å². The molecule has 0 radical (unpaired) electrons. The van der Waals surface area contributed by atoms with E-state index in [9.17, 15) is 4.79 Å². The number of amides is 1. The maximum absolute atomic E-state index is 11.5. The maximum Gasteiger partial charge on any atom is 0.221 e. The zero-order valence-corrected chi connectivity index (χ0v) is 11.9. The van der Waals surface area contributed by atoms with Gasteiger partial charge in [0, 0.05) is 24.5 Å². The van der Waals surface area contributed by atoms with Gasteiger partial charge in [0.15, 0.2) is 0 Å². The lowest BCUT2D eigenvalue weighted by atomic mass is 10.2. The Labute approximate surface area is 118 Å². The Balaban J connectivity index is 2.41. The van der Waals surface area contributed by atoms with Crippen LogP contribution >= 0.6 is 11.6 Å². The van der Waals surface area contributed by atoms with Gasteiger partial charge in [-0.15, -0.1) is 0 Å². The number of hydrogen-bond acceptors (Lipinski definition) is 3. The normalized spacial score (nSPS) is 10.1. The summed E-state index contributed by atoms with van der Waals surface area (Å²) in [4.78, 5) is 11.5. The van der Waals surface area contributed by atoms with E-state index in [0.29, 0.717) is 41.7 Å². The van der Waals surface area contributed by atoms with E-state index in [-0.39, 0.29) is 5.91 Å². The van der Waals surface area contributed by atoms with E-state index in [1.807, 2.05) is 13.8 Å². The Bertz CT molecular complexity index is 480. The van der Waals surface area contributed by atoms with Crippen LogP contribution in [-0.2, 0) is 4.79 Å². The number of carbonyl (C=O) groups is 1. The van der Waals surface area contributed by atoms with E-state index < -0.39 is 0 Å². The Kier molecular flexibility index (Phi) is 6.17. The highest BCUT2D eigenvalue weighted by Crippen LogP contribution is 2.19. The summed E-state index contributed by atoms with van der Waals surface area (Å²) in [6.07, 6.45) is 0.375. The van der Waals surface area contributed by atoms with Gasteiger partial charge in [0.1, 0.15) is 6.07 Å². The maximum atomic E-state index is 11.5. The van der Waals surface area contributed by atoms with Crippen molar-refractivity contribution in [1.82, 2.24) is 5.32 Å².